The molecule has 0 aliphatic rings. The molecule has 7 nitrogen and oxygen atoms in total. The van der Waals surface area contributed by atoms with Crippen LogP contribution in [0.5, 0.6) is 5.75 Å². The van der Waals surface area contributed by atoms with Crippen LogP contribution in [0.1, 0.15) is 22.8 Å². The lowest BCUT2D eigenvalue weighted by Crippen LogP contribution is -2.41. The van der Waals surface area contributed by atoms with Crippen LogP contribution in [-0.2, 0) is 11.3 Å². The number of ether oxygens (including phenoxy) is 1. The van der Waals surface area contributed by atoms with Gasteiger partial charge >= 0.3 is 6.03 Å². The highest BCUT2D eigenvalue weighted by molar-refractivity contribution is 5.95. The first-order chi connectivity index (χ1) is 12.6. The van der Waals surface area contributed by atoms with Crippen molar-refractivity contribution in [3.63, 3.8) is 0 Å². The molecule has 0 aliphatic carbocycles. The lowest BCUT2D eigenvalue weighted by Gasteiger charge is -2.09. The number of imide groups is 1. The maximum Gasteiger partial charge on any atom is 0.321 e. The van der Waals surface area contributed by atoms with Gasteiger partial charge < -0.3 is 15.4 Å². The minimum absolute atomic E-state index is 0.244. The zero-order valence-electron chi connectivity index (χ0n) is 14.5. The Bertz CT molecular complexity index is 762. The number of hydrogen-bond donors (Lipinski definition) is 3. The molecule has 0 saturated carbocycles. The number of nitrogens with one attached hydrogen (secondary N) is 3. The maximum absolute atomic E-state index is 12.2. The molecule has 0 bridgehead atoms. The van der Waals surface area contributed by atoms with Crippen LogP contribution < -0.4 is 20.7 Å². The van der Waals surface area contributed by atoms with Crippen molar-refractivity contribution in [2.24, 2.45) is 0 Å². The van der Waals surface area contributed by atoms with Gasteiger partial charge in [-0.3, -0.25) is 14.9 Å². The van der Waals surface area contributed by atoms with Gasteiger partial charge in [-0.1, -0.05) is 36.4 Å². The van der Waals surface area contributed by atoms with E-state index in [1.807, 2.05) is 30.3 Å². The number of rotatable bonds is 7. The molecule has 0 atom stereocenters. The van der Waals surface area contributed by atoms with Crippen LogP contribution in [0.2, 0.25) is 0 Å². The zero-order chi connectivity index (χ0) is 18.8. The summed E-state index contributed by atoms with van der Waals surface area (Å²) in [5.41, 5.74) is 1.41. The molecule has 2 aromatic carbocycles. The van der Waals surface area contributed by atoms with E-state index < -0.39 is 11.9 Å². The lowest BCUT2D eigenvalue weighted by atomic mass is 10.2. The van der Waals surface area contributed by atoms with Crippen molar-refractivity contribution < 1.29 is 19.1 Å². The van der Waals surface area contributed by atoms with Gasteiger partial charge in [-0.2, -0.15) is 0 Å². The average Bonchev–Trinajstić information content (AvgIpc) is 2.65. The Morgan fingerprint density at radius 2 is 1.73 bits per heavy atom. The fourth-order valence-corrected chi connectivity index (χ4v) is 2.12. The molecular weight excluding hydrogens is 334 g/mol. The van der Waals surface area contributed by atoms with Gasteiger partial charge in [-0.25, -0.2) is 4.79 Å². The van der Waals surface area contributed by atoms with Gasteiger partial charge in [0.2, 0.25) is 0 Å². The second-order valence-corrected chi connectivity index (χ2v) is 5.39. The number of urea groups is 1. The molecular formula is C19H21N3O4. The zero-order valence-corrected chi connectivity index (χ0v) is 14.5. The summed E-state index contributed by atoms with van der Waals surface area (Å²) in [5, 5.41) is 7.40. The quantitative estimate of drug-likeness (QED) is 0.706. The molecule has 0 aliphatic heterocycles. The van der Waals surface area contributed by atoms with Crippen molar-refractivity contribution in [3.05, 3.63) is 65.7 Å². The molecule has 0 aromatic heterocycles. The van der Waals surface area contributed by atoms with Gasteiger partial charge in [0.25, 0.3) is 11.8 Å². The molecule has 2 aromatic rings. The highest BCUT2D eigenvalue weighted by atomic mass is 16.5. The average molecular weight is 355 g/mol. The smallest absolute Gasteiger partial charge is 0.321 e. The Hall–Kier alpha value is -3.35. The first-order valence-corrected chi connectivity index (χ1v) is 8.21. The van der Waals surface area contributed by atoms with Crippen LogP contribution in [0.3, 0.4) is 0 Å². The highest BCUT2D eigenvalue weighted by Crippen LogP contribution is 2.13. The van der Waals surface area contributed by atoms with E-state index in [0.717, 1.165) is 5.56 Å². The summed E-state index contributed by atoms with van der Waals surface area (Å²) in [6, 6.07) is 15.5. The van der Waals surface area contributed by atoms with Crippen LogP contribution in [0, 0.1) is 0 Å². The molecule has 0 heterocycles. The van der Waals surface area contributed by atoms with Gasteiger partial charge in [0.1, 0.15) is 5.75 Å². The van der Waals surface area contributed by atoms with E-state index in [0.29, 0.717) is 24.4 Å². The van der Waals surface area contributed by atoms with E-state index in [9.17, 15) is 14.4 Å². The Morgan fingerprint density at radius 3 is 2.46 bits per heavy atom. The van der Waals surface area contributed by atoms with Crippen LogP contribution in [0.4, 0.5) is 4.79 Å². The predicted octanol–water partition coefficient (Wildman–Crippen LogP) is 1.84. The summed E-state index contributed by atoms with van der Waals surface area (Å²) >= 11 is 0. The van der Waals surface area contributed by atoms with E-state index in [1.165, 1.54) is 0 Å². The SMILES string of the molecule is CCNC(=O)NC(=O)COc1cccc(C(=O)NCc2ccccc2)c1. The predicted molar refractivity (Wildman–Crippen MR) is 96.8 cm³/mol. The Morgan fingerprint density at radius 1 is 0.962 bits per heavy atom. The number of hydrogen-bond acceptors (Lipinski definition) is 4. The molecule has 0 unspecified atom stereocenters. The Kier molecular flexibility index (Phi) is 7.17. The number of carbonyl (C=O) groups excluding carboxylic acids is 3. The summed E-state index contributed by atoms with van der Waals surface area (Å²) in [5.74, 6) is -0.454. The van der Waals surface area contributed by atoms with E-state index in [2.05, 4.69) is 16.0 Å². The first-order valence-electron chi connectivity index (χ1n) is 8.21. The third-order valence-electron chi connectivity index (χ3n) is 3.35. The van der Waals surface area contributed by atoms with Crippen molar-refractivity contribution in [2.75, 3.05) is 13.2 Å². The molecule has 136 valence electrons. The summed E-state index contributed by atoms with van der Waals surface area (Å²) in [6.07, 6.45) is 0. The topological polar surface area (TPSA) is 96.5 Å². The fourth-order valence-electron chi connectivity index (χ4n) is 2.12. The minimum Gasteiger partial charge on any atom is -0.484 e. The minimum atomic E-state index is -0.574. The maximum atomic E-state index is 12.2. The van der Waals surface area contributed by atoms with Crippen molar-refractivity contribution >= 4 is 17.8 Å². The van der Waals surface area contributed by atoms with Crippen molar-refractivity contribution in [1.29, 1.82) is 0 Å². The summed E-state index contributed by atoms with van der Waals surface area (Å²) in [6.45, 7) is 2.25. The largest absolute Gasteiger partial charge is 0.484 e. The molecule has 0 radical (unpaired) electrons. The molecule has 0 saturated heterocycles. The van der Waals surface area contributed by atoms with Gasteiger partial charge in [0.05, 0.1) is 0 Å². The third-order valence-corrected chi connectivity index (χ3v) is 3.35. The van der Waals surface area contributed by atoms with Gasteiger partial charge in [0.15, 0.2) is 6.61 Å². The Labute approximate surface area is 151 Å². The van der Waals surface area contributed by atoms with Gasteiger partial charge in [-0.05, 0) is 30.7 Å². The van der Waals surface area contributed by atoms with Crippen molar-refractivity contribution in [2.45, 2.75) is 13.5 Å². The highest BCUT2D eigenvalue weighted by Gasteiger charge is 2.09. The summed E-state index contributed by atoms with van der Waals surface area (Å²) in [7, 11) is 0. The fraction of sp³-hybridized carbons (Fsp3) is 0.211. The van der Waals surface area contributed by atoms with Crippen LogP contribution in [-0.4, -0.2) is 31.0 Å². The Balaban J connectivity index is 1.85. The molecule has 0 spiro atoms. The second kappa shape index (κ2) is 9.83. The van der Waals surface area contributed by atoms with Crippen LogP contribution in [0.15, 0.2) is 54.6 Å². The standard InChI is InChI=1S/C19H21N3O4/c1-2-20-19(25)22-17(23)13-26-16-10-6-9-15(11-16)18(24)21-12-14-7-4-3-5-8-14/h3-11H,2,12-13H2,1H3,(H,21,24)(H2,20,22,23,25). The molecule has 7 heteroatoms. The van der Waals surface area contributed by atoms with Crippen molar-refractivity contribution in [1.82, 2.24) is 16.0 Å². The summed E-state index contributed by atoms with van der Waals surface area (Å²) < 4.78 is 5.33. The normalized spacial score (nSPS) is 9.88. The van der Waals surface area contributed by atoms with Crippen LogP contribution in [0.25, 0.3) is 0 Å². The monoisotopic (exact) mass is 355 g/mol. The molecule has 3 N–H and O–H groups in total. The second-order valence-electron chi connectivity index (χ2n) is 5.39. The lowest BCUT2D eigenvalue weighted by molar-refractivity contribution is -0.122. The van der Waals surface area contributed by atoms with Crippen molar-refractivity contribution in [3.8, 4) is 5.75 Å². The van der Waals surface area contributed by atoms with Gasteiger partial charge in [0, 0.05) is 18.7 Å². The number of amides is 4. The van der Waals surface area contributed by atoms with E-state index >= 15 is 0 Å². The number of benzene rings is 2. The summed E-state index contributed by atoms with van der Waals surface area (Å²) in [4.78, 5) is 35.1. The van der Waals surface area contributed by atoms with Gasteiger partial charge in [-0.15, -0.1) is 0 Å². The molecule has 0 fully saturated rings. The first kappa shape index (κ1) is 19.0. The molecule has 26 heavy (non-hydrogen) atoms. The molecule has 2 rings (SSSR count). The van der Waals surface area contributed by atoms with Crippen LogP contribution >= 0.6 is 0 Å². The number of carbonyl (C=O) groups is 3. The van der Waals surface area contributed by atoms with E-state index in [-0.39, 0.29) is 12.5 Å². The third kappa shape index (κ3) is 6.27. The molecule has 4 amide bonds. The van der Waals surface area contributed by atoms with E-state index in [1.54, 1.807) is 31.2 Å². The van der Waals surface area contributed by atoms with E-state index in [4.69, 9.17) is 4.74 Å².